The van der Waals surface area contributed by atoms with Crippen molar-refractivity contribution < 1.29 is 14.0 Å². The number of nitrogens with one attached hydrogen (secondary N) is 1. The first kappa shape index (κ1) is 15.2. The summed E-state index contributed by atoms with van der Waals surface area (Å²) in [6, 6.07) is 0. The van der Waals surface area contributed by atoms with Crippen LogP contribution in [0.2, 0.25) is 0 Å². The van der Waals surface area contributed by atoms with Crippen LogP contribution in [0.3, 0.4) is 0 Å². The average Bonchev–Trinajstić information content (AvgIpc) is 2.25. The highest BCUT2D eigenvalue weighted by Crippen LogP contribution is 2.06. The van der Waals surface area contributed by atoms with Crippen molar-refractivity contribution in [2.45, 2.75) is 32.3 Å². The van der Waals surface area contributed by atoms with Crippen molar-refractivity contribution in [3.63, 3.8) is 0 Å². The van der Waals surface area contributed by atoms with E-state index >= 15 is 0 Å². The molecule has 0 saturated carbocycles. The van der Waals surface area contributed by atoms with Crippen LogP contribution in [0.1, 0.15) is 26.7 Å². The highest BCUT2D eigenvalue weighted by atomic mass is 35.5. The lowest BCUT2D eigenvalue weighted by Crippen LogP contribution is -2.45. The fourth-order valence-corrected chi connectivity index (χ4v) is 1.43. The molecular formula is C10H18ClFN2O2. The summed E-state index contributed by atoms with van der Waals surface area (Å²) in [5, 5.41) is 2.61. The van der Waals surface area contributed by atoms with Gasteiger partial charge in [-0.05, 0) is 12.8 Å². The number of hydrogen-bond acceptors (Lipinski definition) is 2. The molecule has 0 aromatic carbocycles. The molecule has 6 heteroatoms. The van der Waals surface area contributed by atoms with E-state index in [9.17, 15) is 14.0 Å². The lowest BCUT2D eigenvalue weighted by Gasteiger charge is -2.24. The van der Waals surface area contributed by atoms with Gasteiger partial charge in [-0.3, -0.25) is 9.59 Å². The zero-order valence-electron chi connectivity index (χ0n) is 9.63. The Labute approximate surface area is 100 Å². The maximum Gasteiger partial charge on any atom is 0.273 e. The molecule has 1 heterocycles. The molecule has 1 fully saturated rings. The van der Waals surface area contributed by atoms with Gasteiger partial charge >= 0.3 is 0 Å². The molecular weight excluding hydrogens is 235 g/mol. The normalized spacial score (nSPS) is 18.5. The number of carbonyl (C=O) groups is 2. The summed E-state index contributed by atoms with van der Waals surface area (Å²) in [6.45, 7) is 4.89. The van der Waals surface area contributed by atoms with E-state index in [2.05, 4.69) is 5.32 Å². The highest BCUT2D eigenvalue weighted by molar-refractivity contribution is 6.29. The Bertz CT molecular complexity index is 237. The van der Waals surface area contributed by atoms with E-state index in [0.717, 1.165) is 17.7 Å². The van der Waals surface area contributed by atoms with Crippen molar-refractivity contribution in [1.82, 2.24) is 10.2 Å². The van der Waals surface area contributed by atoms with Gasteiger partial charge in [-0.2, -0.15) is 0 Å². The maximum atomic E-state index is 12.5. The van der Waals surface area contributed by atoms with Crippen LogP contribution in [-0.4, -0.2) is 42.0 Å². The molecule has 0 spiro atoms. The summed E-state index contributed by atoms with van der Waals surface area (Å²) < 4.78 is 12.5. The highest BCUT2D eigenvalue weighted by Gasteiger charge is 2.24. The smallest absolute Gasteiger partial charge is 0.273 e. The number of hydrogen-bond donors (Lipinski definition) is 1. The molecule has 4 nitrogen and oxygen atoms in total. The minimum Gasteiger partial charge on any atom is -0.355 e. The number of amides is 2. The summed E-state index contributed by atoms with van der Waals surface area (Å²) in [5.74, 6) is -1.10. The van der Waals surface area contributed by atoms with Gasteiger partial charge in [0.25, 0.3) is 11.5 Å². The molecule has 1 atom stereocenters. The van der Waals surface area contributed by atoms with E-state index in [1.807, 2.05) is 13.8 Å². The predicted octanol–water partition coefficient (Wildman–Crippen LogP) is 1.29. The molecule has 94 valence electrons. The summed E-state index contributed by atoms with van der Waals surface area (Å²) in [4.78, 5) is 23.4. The van der Waals surface area contributed by atoms with Crippen LogP contribution >= 0.6 is 11.6 Å². The first-order valence-corrected chi connectivity index (χ1v) is 5.88. The van der Waals surface area contributed by atoms with Gasteiger partial charge in [0.2, 0.25) is 5.91 Å². The van der Waals surface area contributed by atoms with Crippen molar-refractivity contribution >= 4 is 23.4 Å². The van der Waals surface area contributed by atoms with Crippen molar-refractivity contribution in [2.75, 3.05) is 19.6 Å². The van der Waals surface area contributed by atoms with Gasteiger partial charge in [-0.1, -0.05) is 25.4 Å². The van der Waals surface area contributed by atoms with E-state index in [1.54, 1.807) is 0 Å². The number of nitrogens with zero attached hydrogens (tertiary/aromatic N) is 1. The van der Waals surface area contributed by atoms with Gasteiger partial charge in [-0.15, -0.1) is 0 Å². The summed E-state index contributed by atoms with van der Waals surface area (Å²) in [7, 11) is 0. The fourth-order valence-electron chi connectivity index (χ4n) is 1.29. The standard InChI is InChI=1S/C8H12ClFN2O2.C2H6/c9-7(10)8(14)12-4-2-1-3-11-6(13)5-12;1-2/h7H,1-5H2,(H,11,13);1-2H3. The third-order valence-corrected chi connectivity index (χ3v) is 2.20. The molecule has 0 bridgehead atoms. The summed E-state index contributed by atoms with van der Waals surface area (Å²) >= 11 is 5.01. The van der Waals surface area contributed by atoms with Crippen LogP contribution in [0.25, 0.3) is 0 Å². The van der Waals surface area contributed by atoms with E-state index in [0.29, 0.717) is 13.1 Å². The van der Waals surface area contributed by atoms with Crippen molar-refractivity contribution in [1.29, 1.82) is 0 Å². The second-order valence-corrected chi connectivity index (χ2v) is 3.50. The fraction of sp³-hybridized carbons (Fsp3) is 0.800. The first-order valence-electron chi connectivity index (χ1n) is 5.45. The Morgan fingerprint density at radius 2 is 2.12 bits per heavy atom. The van der Waals surface area contributed by atoms with Crippen LogP contribution in [0.15, 0.2) is 0 Å². The number of carbonyl (C=O) groups excluding carboxylic acids is 2. The Morgan fingerprint density at radius 1 is 1.50 bits per heavy atom. The van der Waals surface area contributed by atoms with E-state index in [-0.39, 0.29) is 12.5 Å². The Balaban J connectivity index is 0.00000106. The monoisotopic (exact) mass is 252 g/mol. The van der Waals surface area contributed by atoms with Gasteiger partial charge < -0.3 is 10.2 Å². The van der Waals surface area contributed by atoms with Gasteiger partial charge in [0.1, 0.15) is 0 Å². The molecule has 1 N–H and O–H groups in total. The molecule has 1 unspecified atom stereocenters. The van der Waals surface area contributed by atoms with Crippen LogP contribution < -0.4 is 5.32 Å². The molecule has 0 aliphatic carbocycles. The third kappa shape index (κ3) is 5.30. The molecule has 0 aromatic rings. The van der Waals surface area contributed by atoms with Crippen LogP contribution in [0, 0.1) is 0 Å². The van der Waals surface area contributed by atoms with Gasteiger partial charge in [0, 0.05) is 13.1 Å². The minimum atomic E-state index is -2.05. The quantitative estimate of drug-likeness (QED) is 0.715. The maximum absolute atomic E-state index is 12.5. The zero-order chi connectivity index (χ0) is 12.6. The molecule has 0 radical (unpaired) electrons. The molecule has 16 heavy (non-hydrogen) atoms. The SMILES string of the molecule is CC.O=C1CN(C(=O)C(F)Cl)CCCCN1. The molecule has 1 saturated heterocycles. The van der Waals surface area contributed by atoms with Crippen LogP contribution in [-0.2, 0) is 9.59 Å². The second-order valence-electron chi connectivity index (χ2n) is 3.12. The summed E-state index contributed by atoms with van der Waals surface area (Å²) in [6.07, 6.45) is 1.53. The second kappa shape index (κ2) is 8.33. The van der Waals surface area contributed by atoms with Crippen LogP contribution in [0.4, 0.5) is 4.39 Å². The first-order chi connectivity index (χ1) is 7.61. The number of halogens is 2. The number of alkyl halides is 2. The zero-order valence-corrected chi connectivity index (χ0v) is 10.4. The van der Waals surface area contributed by atoms with E-state index in [4.69, 9.17) is 11.6 Å². The van der Waals surface area contributed by atoms with Crippen molar-refractivity contribution in [3.8, 4) is 0 Å². The van der Waals surface area contributed by atoms with Gasteiger partial charge in [0.05, 0.1) is 6.54 Å². The molecule has 1 aliphatic heterocycles. The van der Waals surface area contributed by atoms with Crippen LogP contribution in [0.5, 0.6) is 0 Å². The average molecular weight is 253 g/mol. The largest absolute Gasteiger partial charge is 0.355 e. The van der Waals surface area contributed by atoms with Crippen molar-refractivity contribution in [3.05, 3.63) is 0 Å². The lowest BCUT2D eigenvalue weighted by atomic mass is 10.2. The minimum absolute atomic E-state index is 0.105. The number of rotatable bonds is 1. The Hall–Kier alpha value is -0.840. The molecule has 2 amide bonds. The van der Waals surface area contributed by atoms with E-state index < -0.39 is 11.5 Å². The Morgan fingerprint density at radius 3 is 2.69 bits per heavy atom. The summed E-state index contributed by atoms with van der Waals surface area (Å²) in [5.41, 5.74) is -2.05. The van der Waals surface area contributed by atoms with Crippen molar-refractivity contribution in [2.24, 2.45) is 0 Å². The predicted molar refractivity (Wildman–Crippen MR) is 60.9 cm³/mol. The van der Waals surface area contributed by atoms with Gasteiger partial charge in [0.15, 0.2) is 0 Å². The molecule has 1 rings (SSSR count). The molecule has 1 aliphatic rings. The van der Waals surface area contributed by atoms with Gasteiger partial charge in [-0.25, -0.2) is 4.39 Å². The Kier molecular flexibility index (Phi) is 7.89. The lowest BCUT2D eigenvalue weighted by molar-refractivity contribution is -0.138. The topological polar surface area (TPSA) is 49.4 Å². The molecule has 0 aromatic heterocycles. The third-order valence-electron chi connectivity index (χ3n) is 2.01. The van der Waals surface area contributed by atoms with E-state index in [1.165, 1.54) is 0 Å².